The first kappa shape index (κ1) is 22.7. The quantitative estimate of drug-likeness (QED) is 0.322. The molecule has 0 bridgehead atoms. The largest absolute Gasteiger partial charge is 0.461 e. The van der Waals surface area contributed by atoms with Gasteiger partial charge in [-0.1, -0.05) is 37.5 Å². The third kappa shape index (κ3) is 4.14. The Morgan fingerprint density at radius 2 is 1.94 bits per heavy atom. The van der Waals surface area contributed by atoms with E-state index in [1.807, 2.05) is 12.3 Å². The molecule has 0 N–H and O–H groups in total. The number of hydrogen-bond acceptors (Lipinski definition) is 7. The van der Waals surface area contributed by atoms with Gasteiger partial charge in [0.05, 0.1) is 17.2 Å². The molecule has 1 aliphatic rings. The zero-order valence-electron chi connectivity index (χ0n) is 18.8. The van der Waals surface area contributed by atoms with E-state index in [2.05, 4.69) is 9.97 Å². The first-order valence-corrected chi connectivity index (χ1v) is 13.8. The first-order valence-electron chi connectivity index (χ1n) is 11.4. The molecule has 0 spiro atoms. The van der Waals surface area contributed by atoms with Crippen LogP contribution in [-0.4, -0.2) is 34.9 Å². The van der Waals surface area contributed by atoms with Crippen molar-refractivity contribution in [2.75, 3.05) is 6.61 Å². The summed E-state index contributed by atoms with van der Waals surface area (Å²) < 4.78 is 33.3. The van der Waals surface area contributed by atoms with Gasteiger partial charge in [-0.25, -0.2) is 27.2 Å². The topological polar surface area (TPSA) is 91.1 Å². The average Bonchev–Trinajstić information content (AvgIpc) is 3.50. The number of pyridine rings is 1. The van der Waals surface area contributed by atoms with Crippen molar-refractivity contribution >= 4 is 38.4 Å². The summed E-state index contributed by atoms with van der Waals surface area (Å²) in [7, 11) is -3.87. The summed E-state index contributed by atoms with van der Waals surface area (Å²) >= 11 is 1.18. The molecule has 0 radical (unpaired) electrons. The van der Waals surface area contributed by atoms with Gasteiger partial charge in [0.25, 0.3) is 10.0 Å². The van der Waals surface area contributed by atoms with Crippen molar-refractivity contribution in [1.82, 2.24) is 13.9 Å². The van der Waals surface area contributed by atoms with E-state index in [1.54, 1.807) is 48.8 Å². The second-order valence-corrected chi connectivity index (χ2v) is 11.1. The summed E-state index contributed by atoms with van der Waals surface area (Å²) in [4.78, 5) is 21.5. The highest BCUT2D eigenvalue weighted by molar-refractivity contribution is 7.90. The molecule has 0 saturated heterocycles. The Kier molecular flexibility index (Phi) is 6.22. The standard InChI is InChI=1S/C25H25N3O4S2/c1-2-32-25(29)24-27-22(16-33-24)21-15-28(34(30,31)19-11-7-4-8-12-19)23-20(21)13-18(14-26-23)17-9-5-3-6-10-17/h4,7-8,11-17H,2-3,5-6,9-10H2,1H3. The van der Waals surface area contributed by atoms with Crippen molar-refractivity contribution in [1.29, 1.82) is 0 Å². The summed E-state index contributed by atoms with van der Waals surface area (Å²) in [5, 5.41) is 2.71. The molecule has 1 fully saturated rings. The zero-order valence-corrected chi connectivity index (χ0v) is 20.4. The molecular formula is C25H25N3O4S2. The number of rotatable bonds is 6. The predicted octanol–water partition coefficient (Wildman–Crippen LogP) is 5.62. The van der Waals surface area contributed by atoms with Gasteiger partial charge < -0.3 is 4.74 Å². The molecule has 1 aliphatic carbocycles. The fourth-order valence-electron chi connectivity index (χ4n) is 4.53. The van der Waals surface area contributed by atoms with Crippen molar-refractivity contribution in [2.24, 2.45) is 0 Å². The number of carbonyl (C=O) groups excluding carboxylic acids is 1. The molecule has 5 rings (SSSR count). The van der Waals surface area contributed by atoms with E-state index in [0.29, 0.717) is 28.2 Å². The lowest BCUT2D eigenvalue weighted by Crippen LogP contribution is -2.12. The Hall–Kier alpha value is -3.04. The minimum Gasteiger partial charge on any atom is -0.461 e. The maximum absolute atomic E-state index is 13.5. The SMILES string of the molecule is CCOC(=O)c1nc(-c2cn(S(=O)(=O)c3ccccc3)c3ncc(C4CCCCC4)cc23)cs1. The fraction of sp³-hybridized carbons (Fsp3) is 0.320. The molecule has 0 amide bonds. The molecule has 34 heavy (non-hydrogen) atoms. The highest BCUT2D eigenvalue weighted by Gasteiger charge is 2.26. The van der Waals surface area contributed by atoms with Crippen LogP contribution in [-0.2, 0) is 14.8 Å². The highest BCUT2D eigenvalue weighted by Crippen LogP contribution is 2.37. The van der Waals surface area contributed by atoms with Crippen molar-refractivity contribution in [3.8, 4) is 11.3 Å². The first-order chi connectivity index (χ1) is 16.5. The van der Waals surface area contributed by atoms with E-state index < -0.39 is 16.0 Å². The maximum Gasteiger partial charge on any atom is 0.367 e. The van der Waals surface area contributed by atoms with Crippen LogP contribution in [0.3, 0.4) is 0 Å². The highest BCUT2D eigenvalue weighted by atomic mass is 32.2. The Morgan fingerprint density at radius 3 is 2.68 bits per heavy atom. The van der Waals surface area contributed by atoms with Crippen LogP contribution < -0.4 is 0 Å². The van der Waals surface area contributed by atoms with Gasteiger partial charge in [0.2, 0.25) is 5.01 Å². The van der Waals surface area contributed by atoms with Crippen LogP contribution in [0.5, 0.6) is 0 Å². The number of nitrogens with zero attached hydrogens (tertiary/aromatic N) is 3. The van der Waals surface area contributed by atoms with Crippen molar-refractivity contribution < 1.29 is 17.9 Å². The maximum atomic E-state index is 13.5. The smallest absolute Gasteiger partial charge is 0.367 e. The van der Waals surface area contributed by atoms with E-state index in [1.165, 1.54) is 34.6 Å². The van der Waals surface area contributed by atoms with Crippen LogP contribution in [0.15, 0.2) is 59.1 Å². The summed E-state index contributed by atoms with van der Waals surface area (Å²) in [5.74, 6) is -0.0708. The molecule has 3 heterocycles. The van der Waals surface area contributed by atoms with Crippen molar-refractivity contribution in [3.63, 3.8) is 0 Å². The van der Waals surface area contributed by atoms with Crippen LogP contribution in [0.1, 0.15) is 60.3 Å². The molecule has 0 aliphatic heterocycles. The zero-order chi connectivity index (χ0) is 23.7. The second kappa shape index (κ2) is 9.31. The van der Waals surface area contributed by atoms with Gasteiger partial charge >= 0.3 is 5.97 Å². The molecular weight excluding hydrogens is 470 g/mol. The Morgan fingerprint density at radius 1 is 1.18 bits per heavy atom. The number of fused-ring (bicyclic) bond motifs is 1. The molecule has 7 nitrogen and oxygen atoms in total. The van der Waals surface area contributed by atoms with Crippen LogP contribution in [0.2, 0.25) is 0 Å². The lowest BCUT2D eigenvalue weighted by Gasteiger charge is -2.21. The molecule has 0 unspecified atom stereocenters. The lowest BCUT2D eigenvalue weighted by molar-refractivity contribution is 0.0526. The number of carbonyl (C=O) groups is 1. The summed E-state index contributed by atoms with van der Waals surface area (Å²) in [5.41, 5.74) is 2.63. The molecule has 1 saturated carbocycles. The minimum atomic E-state index is -3.87. The Balaban J connectivity index is 1.68. The van der Waals surface area contributed by atoms with Gasteiger partial charge in [-0.15, -0.1) is 11.3 Å². The molecule has 9 heteroatoms. The van der Waals surface area contributed by atoms with E-state index >= 15 is 0 Å². The van der Waals surface area contributed by atoms with Crippen LogP contribution in [0.4, 0.5) is 0 Å². The average molecular weight is 496 g/mol. The molecule has 4 aromatic rings. The van der Waals surface area contributed by atoms with Gasteiger partial charge in [0.1, 0.15) is 0 Å². The number of esters is 1. The summed E-state index contributed by atoms with van der Waals surface area (Å²) in [6.07, 6.45) is 9.21. The minimum absolute atomic E-state index is 0.182. The van der Waals surface area contributed by atoms with E-state index in [-0.39, 0.29) is 16.5 Å². The van der Waals surface area contributed by atoms with Gasteiger partial charge in [-0.05, 0) is 49.4 Å². The number of aromatic nitrogens is 3. The van der Waals surface area contributed by atoms with Gasteiger partial charge in [-0.3, -0.25) is 0 Å². The third-order valence-corrected chi connectivity index (χ3v) is 8.73. The predicted molar refractivity (Wildman–Crippen MR) is 132 cm³/mol. The normalized spacial score (nSPS) is 15.0. The number of benzene rings is 1. The lowest BCUT2D eigenvalue weighted by atomic mass is 9.84. The van der Waals surface area contributed by atoms with Gasteiger partial charge in [0.15, 0.2) is 5.65 Å². The molecule has 3 aromatic heterocycles. The fourth-order valence-corrected chi connectivity index (χ4v) is 6.59. The van der Waals surface area contributed by atoms with Gasteiger partial charge in [-0.2, -0.15) is 0 Å². The molecule has 0 atom stereocenters. The molecule has 176 valence electrons. The molecule has 1 aromatic carbocycles. The van der Waals surface area contributed by atoms with Gasteiger partial charge in [0, 0.05) is 28.7 Å². The second-order valence-electron chi connectivity index (χ2n) is 8.39. The van der Waals surface area contributed by atoms with Crippen molar-refractivity contribution in [2.45, 2.75) is 49.8 Å². The van der Waals surface area contributed by atoms with Crippen molar-refractivity contribution in [3.05, 3.63) is 64.7 Å². The third-order valence-electron chi connectivity index (χ3n) is 6.24. The van der Waals surface area contributed by atoms with E-state index in [4.69, 9.17) is 4.74 Å². The summed E-state index contributed by atoms with van der Waals surface area (Å²) in [6, 6.07) is 10.4. The number of thiazole rings is 1. The Labute approximate surface area is 202 Å². The number of hydrogen-bond donors (Lipinski definition) is 0. The number of ether oxygens (including phenoxy) is 1. The monoisotopic (exact) mass is 495 g/mol. The van der Waals surface area contributed by atoms with Crippen LogP contribution in [0.25, 0.3) is 22.3 Å². The van der Waals surface area contributed by atoms with E-state index in [9.17, 15) is 13.2 Å². The summed E-state index contributed by atoms with van der Waals surface area (Å²) in [6.45, 7) is 2.00. The van der Waals surface area contributed by atoms with Crippen LogP contribution >= 0.6 is 11.3 Å². The Bertz CT molecular complexity index is 1440. The van der Waals surface area contributed by atoms with E-state index in [0.717, 1.165) is 18.4 Å². The van der Waals surface area contributed by atoms with Crippen LogP contribution in [0, 0.1) is 0 Å².